The minimum absolute atomic E-state index is 0.0439. The minimum atomic E-state index is -1.96. The molecule has 1 heterocycles. The zero-order chi connectivity index (χ0) is 35.6. The number of carboxylic acid groups (broad SMARTS) is 2. The van der Waals surface area contributed by atoms with Crippen LogP contribution in [0, 0.1) is 11.3 Å². The van der Waals surface area contributed by atoms with Gasteiger partial charge in [0, 0.05) is 25.9 Å². The van der Waals surface area contributed by atoms with Crippen LogP contribution in [0.5, 0.6) is 5.75 Å². The molecule has 47 heavy (non-hydrogen) atoms. The monoisotopic (exact) mass is 687 g/mol. The first-order chi connectivity index (χ1) is 21.8. The van der Waals surface area contributed by atoms with Crippen molar-refractivity contribution in [2.24, 2.45) is 17.1 Å². The predicted molar refractivity (Wildman–Crippen MR) is 164 cm³/mol. The fraction of sp³-hybridized carbons (Fsp3) is 0.586. The molecule has 0 aromatic heterocycles. The highest BCUT2D eigenvalue weighted by Crippen LogP contribution is 2.31. The lowest BCUT2D eigenvalue weighted by molar-refractivity contribution is -0.271. The van der Waals surface area contributed by atoms with Crippen LogP contribution in [-0.2, 0) is 44.8 Å². The smallest absolute Gasteiger partial charge is 0.335 e. The molecule has 1 aromatic carbocycles. The molecule has 0 bridgehead atoms. The molecular weight excluding hydrogens is 646 g/mol. The molecule has 0 spiro atoms. The van der Waals surface area contributed by atoms with E-state index in [1.54, 1.807) is 20.8 Å². The number of ether oxygens (including phenoxy) is 3. The first-order valence-corrected chi connectivity index (χ1v) is 15.0. The van der Waals surface area contributed by atoms with E-state index < -0.39 is 89.2 Å². The maximum absolute atomic E-state index is 12.9. The quantitative estimate of drug-likeness (QED) is 0.0729. The number of nitrogens with one attached hydrogen (secondary N) is 2. The Balaban J connectivity index is 2.16. The summed E-state index contributed by atoms with van der Waals surface area (Å²) in [5, 5.41) is 52.5. The van der Waals surface area contributed by atoms with E-state index in [2.05, 4.69) is 23.3 Å². The second-order valence-corrected chi connectivity index (χ2v) is 12.4. The lowest BCUT2D eigenvalue weighted by atomic mass is 9.97. The molecule has 6 unspecified atom stereocenters. The Labute approximate surface area is 275 Å². The molecule has 1 aliphatic heterocycles. The van der Waals surface area contributed by atoms with Crippen molar-refractivity contribution in [3.05, 3.63) is 23.8 Å². The molecule has 0 aliphatic carbocycles. The van der Waals surface area contributed by atoms with E-state index in [4.69, 9.17) is 25.1 Å². The number of nitrogens with two attached hydrogens (primary N) is 1. The number of ketones is 1. The van der Waals surface area contributed by atoms with Crippen LogP contribution in [0.15, 0.2) is 18.2 Å². The average molecular weight is 688 g/mol. The number of esters is 1. The number of rotatable bonds is 16. The van der Waals surface area contributed by atoms with Gasteiger partial charge >= 0.3 is 17.9 Å². The van der Waals surface area contributed by atoms with E-state index in [9.17, 15) is 49.2 Å². The van der Waals surface area contributed by atoms with E-state index in [0.717, 1.165) is 0 Å². The number of anilines is 1. The number of amides is 2. The van der Waals surface area contributed by atoms with Gasteiger partial charge in [0.2, 0.25) is 18.1 Å². The second kappa shape index (κ2) is 17.4. The Morgan fingerprint density at radius 3 is 2.26 bits per heavy atom. The lowest BCUT2D eigenvalue weighted by Crippen LogP contribution is -2.61. The van der Waals surface area contributed by atoms with Gasteiger partial charge < -0.3 is 56.1 Å². The molecule has 262 valence electrons. The standard InChI is InChI=1S/C29H41N3O14S/c1-29(2,3)28(43)44-12-13-4-5-17(45-27-23(39)21(37)22(38)24(46-27)26(41)42)15(8-13)32-19(34)6-7-31-25(40)14(11-30)9-16(33)18(47)10-20(35)36/h4-5,8,14,18,21-24,27,37-39,47H,6-7,9-12,30H2,1-3H3,(H,31,40)(H,32,34)(H,35,36)(H,41,42)/t14-,18?,21?,22?,23?,24?,27?/m0/s1. The molecule has 0 radical (unpaired) electrons. The van der Waals surface area contributed by atoms with Crippen molar-refractivity contribution in [2.75, 3.05) is 18.4 Å². The average Bonchev–Trinajstić information content (AvgIpc) is 2.98. The highest BCUT2D eigenvalue weighted by Gasteiger charge is 2.48. The van der Waals surface area contributed by atoms with Gasteiger partial charge in [0.15, 0.2) is 6.10 Å². The van der Waals surface area contributed by atoms with Gasteiger partial charge in [-0.05, 0) is 38.5 Å². The zero-order valence-corrected chi connectivity index (χ0v) is 26.8. The van der Waals surface area contributed by atoms with Gasteiger partial charge in [-0.25, -0.2) is 4.79 Å². The van der Waals surface area contributed by atoms with E-state index >= 15 is 0 Å². The summed E-state index contributed by atoms with van der Waals surface area (Å²) in [7, 11) is 0. The Morgan fingerprint density at radius 1 is 1.02 bits per heavy atom. The molecule has 1 saturated heterocycles. The van der Waals surface area contributed by atoms with Gasteiger partial charge in [-0.2, -0.15) is 12.6 Å². The lowest BCUT2D eigenvalue weighted by Gasteiger charge is -2.38. The predicted octanol–water partition coefficient (Wildman–Crippen LogP) is -1.20. The minimum Gasteiger partial charge on any atom is -0.481 e. The Kier molecular flexibility index (Phi) is 14.6. The van der Waals surface area contributed by atoms with Gasteiger partial charge in [0.1, 0.15) is 36.5 Å². The third-order valence-electron chi connectivity index (χ3n) is 6.85. The van der Waals surface area contributed by atoms with E-state index in [-0.39, 0.29) is 44.0 Å². The number of aliphatic hydroxyl groups excluding tert-OH is 3. The molecule has 2 amide bonds. The summed E-state index contributed by atoms with van der Waals surface area (Å²) >= 11 is 3.95. The molecule has 1 aliphatic rings. The number of thiol groups is 1. The van der Waals surface area contributed by atoms with Gasteiger partial charge in [-0.3, -0.25) is 24.0 Å². The van der Waals surface area contributed by atoms with Crippen LogP contribution in [0.25, 0.3) is 0 Å². The number of carbonyl (C=O) groups excluding carboxylic acids is 4. The van der Waals surface area contributed by atoms with Crippen molar-refractivity contribution in [1.82, 2.24) is 5.32 Å². The summed E-state index contributed by atoms with van der Waals surface area (Å²) < 4.78 is 16.1. The largest absolute Gasteiger partial charge is 0.481 e. The van der Waals surface area contributed by atoms with Crippen molar-refractivity contribution in [3.63, 3.8) is 0 Å². The Hall–Kier alpha value is -3.81. The summed E-state index contributed by atoms with van der Waals surface area (Å²) in [6.45, 7) is 4.34. The van der Waals surface area contributed by atoms with E-state index in [0.29, 0.717) is 5.56 Å². The molecule has 17 nitrogen and oxygen atoms in total. The van der Waals surface area contributed by atoms with Crippen LogP contribution < -0.4 is 21.1 Å². The molecule has 0 saturated carbocycles. The van der Waals surface area contributed by atoms with Gasteiger partial charge in [0.05, 0.1) is 28.7 Å². The highest BCUT2D eigenvalue weighted by atomic mass is 32.1. The number of carbonyl (C=O) groups is 6. The maximum atomic E-state index is 12.9. The Bertz CT molecular complexity index is 1320. The molecule has 18 heteroatoms. The maximum Gasteiger partial charge on any atom is 0.335 e. The van der Waals surface area contributed by atoms with Crippen molar-refractivity contribution >= 4 is 53.8 Å². The van der Waals surface area contributed by atoms with Crippen LogP contribution in [0.2, 0.25) is 0 Å². The molecular formula is C29H41N3O14S. The van der Waals surface area contributed by atoms with E-state index in [1.807, 2.05) is 0 Å². The van der Waals surface area contributed by atoms with Crippen LogP contribution in [0.3, 0.4) is 0 Å². The van der Waals surface area contributed by atoms with Crippen molar-refractivity contribution in [1.29, 1.82) is 0 Å². The van der Waals surface area contributed by atoms with Crippen molar-refractivity contribution < 1.29 is 68.5 Å². The molecule has 9 N–H and O–H groups in total. The van der Waals surface area contributed by atoms with Crippen molar-refractivity contribution in [3.8, 4) is 5.75 Å². The van der Waals surface area contributed by atoms with Crippen molar-refractivity contribution in [2.45, 2.75) is 82.6 Å². The number of Topliss-reactive ketones (excluding diaryl/α,β-unsaturated/α-hetero) is 1. The van der Waals surface area contributed by atoms with Gasteiger partial charge in [-0.15, -0.1) is 0 Å². The van der Waals surface area contributed by atoms with Gasteiger partial charge in [0.25, 0.3) is 0 Å². The number of benzene rings is 1. The fourth-order valence-electron chi connectivity index (χ4n) is 4.10. The molecule has 1 aromatic rings. The number of hydrogen-bond donors (Lipinski definition) is 9. The number of hydrogen-bond acceptors (Lipinski definition) is 14. The molecule has 1 fully saturated rings. The fourth-order valence-corrected chi connectivity index (χ4v) is 4.37. The summed E-state index contributed by atoms with van der Waals surface area (Å²) in [6.07, 6.45) is -10.7. The summed E-state index contributed by atoms with van der Waals surface area (Å²) in [6, 6.07) is 4.14. The number of aliphatic carboxylic acids is 2. The first kappa shape index (κ1) is 39.4. The van der Waals surface area contributed by atoms with Crippen LogP contribution >= 0.6 is 12.6 Å². The third-order valence-corrected chi connectivity index (χ3v) is 7.32. The summed E-state index contributed by atoms with van der Waals surface area (Å²) in [5.41, 5.74) is 5.16. The zero-order valence-electron chi connectivity index (χ0n) is 26.0. The van der Waals surface area contributed by atoms with Crippen LogP contribution in [-0.4, -0.2) is 110 Å². The SMILES string of the molecule is CC(C)(C)C(=O)OCc1ccc(OC2OC(C(=O)O)C(O)C(O)C2O)c(NC(=O)CCNC(=O)[C@H](CN)CC(=O)C(S)CC(=O)O)c1. The van der Waals surface area contributed by atoms with Gasteiger partial charge in [-0.1, -0.05) is 6.07 Å². The molecule has 2 rings (SSSR count). The highest BCUT2D eigenvalue weighted by molar-refractivity contribution is 7.81. The van der Waals surface area contributed by atoms with E-state index in [1.165, 1.54) is 18.2 Å². The number of aliphatic hydroxyl groups is 3. The normalized spacial score (nSPS) is 22.3. The second-order valence-electron chi connectivity index (χ2n) is 11.8. The molecule has 7 atom stereocenters. The van der Waals surface area contributed by atoms with Crippen LogP contribution in [0.4, 0.5) is 5.69 Å². The number of carboxylic acids is 2. The third kappa shape index (κ3) is 11.7. The first-order valence-electron chi connectivity index (χ1n) is 14.4. The summed E-state index contributed by atoms with van der Waals surface area (Å²) in [5.74, 6) is -6.41. The topological polar surface area (TPSA) is 281 Å². The van der Waals surface area contributed by atoms with Crippen LogP contribution in [0.1, 0.15) is 45.6 Å². The Morgan fingerprint density at radius 2 is 1.68 bits per heavy atom. The summed E-state index contributed by atoms with van der Waals surface area (Å²) in [4.78, 5) is 72.2.